The average Bonchev–Trinajstić information content (AvgIpc) is 2.37. The van der Waals surface area contributed by atoms with E-state index in [-0.39, 0.29) is 5.57 Å². The Hall–Kier alpha value is -1.55. The van der Waals surface area contributed by atoms with E-state index in [2.05, 4.69) is 20.2 Å². The normalized spacial score (nSPS) is 13.4. The lowest BCUT2D eigenvalue weighted by molar-refractivity contribution is -0.161. The first kappa shape index (κ1) is 19.4. The molecule has 0 aromatic carbocycles. The molecule has 122 valence electrons. The molecule has 0 rings (SSSR count). The second-order valence-corrected chi connectivity index (χ2v) is 5.77. The molecule has 0 radical (unpaired) electrons. The van der Waals surface area contributed by atoms with Gasteiger partial charge in [-0.2, -0.15) is 17.2 Å². The van der Waals surface area contributed by atoms with Gasteiger partial charge in [0.15, 0.2) is 6.10 Å². The standard InChI is InChI=1S/C11H16F2O7S/c1-7(2)10(15)19-6-5-9(14)20-8(3)11(12,13)21(16,17)18-4/h8H,1,5-6H2,2-4H3. The fourth-order valence-electron chi connectivity index (χ4n) is 0.989. The number of alkyl halides is 2. The highest BCUT2D eigenvalue weighted by molar-refractivity contribution is 7.87. The van der Waals surface area contributed by atoms with E-state index < -0.39 is 46.4 Å². The predicted octanol–water partition coefficient (Wildman–Crippen LogP) is 0.997. The third-order valence-corrected chi connectivity index (χ3v) is 3.66. The number of esters is 2. The van der Waals surface area contributed by atoms with Crippen molar-refractivity contribution < 1.29 is 40.4 Å². The van der Waals surface area contributed by atoms with Crippen molar-refractivity contribution in [3.8, 4) is 0 Å². The highest BCUT2D eigenvalue weighted by atomic mass is 32.2. The minimum atomic E-state index is -5.20. The summed E-state index contributed by atoms with van der Waals surface area (Å²) in [6.45, 7) is 4.99. The lowest BCUT2D eigenvalue weighted by atomic mass is 10.3. The number of hydrogen-bond acceptors (Lipinski definition) is 7. The van der Waals surface area contributed by atoms with Crippen molar-refractivity contribution in [3.63, 3.8) is 0 Å². The molecule has 0 heterocycles. The fraction of sp³-hybridized carbons (Fsp3) is 0.636. The van der Waals surface area contributed by atoms with E-state index in [1.165, 1.54) is 6.92 Å². The van der Waals surface area contributed by atoms with Gasteiger partial charge in [0.05, 0.1) is 13.5 Å². The van der Waals surface area contributed by atoms with E-state index >= 15 is 0 Å². The Kier molecular flexibility index (Phi) is 6.91. The maximum absolute atomic E-state index is 13.4. The Bertz CT molecular complexity index is 513. The van der Waals surface area contributed by atoms with Gasteiger partial charge in [-0.1, -0.05) is 6.58 Å². The quantitative estimate of drug-likeness (QED) is 0.372. The summed E-state index contributed by atoms with van der Waals surface area (Å²) in [5, 5.41) is -4.40. The molecule has 21 heavy (non-hydrogen) atoms. The first-order valence-corrected chi connectivity index (χ1v) is 7.06. The van der Waals surface area contributed by atoms with Crippen LogP contribution >= 0.6 is 0 Å². The lowest BCUT2D eigenvalue weighted by Gasteiger charge is -2.22. The molecule has 0 saturated heterocycles. The van der Waals surface area contributed by atoms with Gasteiger partial charge in [-0.15, -0.1) is 0 Å². The Morgan fingerprint density at radius 1 is 1.33 bits per heavy atom. The SMILES string of the molecule is C=C(C)C(=O)OCCC(=O)OC(C)C(F)(F)S(=O)(=O)OC. The van der Waals surface area contributed by atoms with Crippen molar-refractivity contribution in [3.05, 3.63) is 12.2 Å². The molecule has 0 aromatic heterocycles. The molecular weight excluding hydrogens is 314 g/mol. The zero-order chi connectivity index (χ0) is 16.8. The van der Waals surface area contributed by atoms with Crippen LogP contribution in [-0.4, -0.2) is 45.4 Å². The number of rotatable bonds is 8. The highest BCUT2D eigenvalue weighted by Gasteiger charge is 2.53. The molecule has 0 aromatic rings. The van der Waals surface area contributed by atoms with Crippen molar-refractivity contribution in [2.75, 3.05) is 13.7 Å². The second-order valence-electron chi connectivity index (χ2n) is 3.98. The predicted molar refractivity (Wildman–Crippen MR) is 66.8 cm³/mol. The third-order valence-electron chi connectivity index (χ3n) is 2.22. The average molecular weight is 330 g/mol. The lowest BCUT2D eigenvalue weighted by Crippen LogP contribution is -2.42. The Labute approximate surface area is 121 Å². The van der Waals surface area contributed by atoms with Gasteiger partial charge in [0, 0.05) is 5.57 Å². The van der Waals surface area contributed by atoms with Gasteiger partial charge in [-0.25, -0.2) is 4.79 Å². The minimum absolute atomic E-state index is 0.106. The first-order chi connectivity index (χ1) is 9.45. The molecule has 0 amide bonds. The largest absolute Gasteiger partial charge is 0.462 e. The Morgan fingerprint density at radius 3 is 2.29 bits per heavy atom. The summed E-state index contributed by atoms with van der Waals surface area (Å²) in [5.74, 6) is -1.90. The van der Waals surface area contributed by atoms with Crippen LogP contribution in [0.5, 0.6) is 0 Å². The Morgan fingerprint density at radius 2 is 1.86 bits per heavy atom. The third kappa shape index (κ3) is 5.38. The monoisotopic (exact) mass is 330 g/mol. The second kappa shape index (κ2) is 7.46. The molecule has 1 atom stereocenters. The van der Waals surface area contributed by atoms with Crippen molar-refractivity contribution in [2.24, 2.45) is 0 Å². The van der Waals surface area contributed by atoms with Crippen LogP contribution < -0.4 is 0 Å². The van der Waals surface area contributed by atoms with Crippen LogP contribution in [-0.2, 0) is 33.4 Å². The number of halogens is 2. The molecule has 0 aliphatic carbocycles. The summed E-state index contributed by atoms with van der Waals surface area (Å²) >= 11 is 0. The van der Waals surface area contributed by atoms with Crippen LogP contribution in [0.15, 0.2) is 12.2 Å². The maximum Gasteiger partial charge on any atom is 0.405 e. The molecule has 7 nitrogen and oxygen atoms in total. The van der Waals surface area contributed by atoms with Gasteiger partial charge >= 0.3 is 27.3 Å². The number of ether oxygens (including phenoxy) is 2. The van der Waals surface area contributed by atoms with E-state index in [0.717, 1.165) is 0 Å². The molecule has 0 aliphatic heterocycles. The maximum atomic E-state index is 13.4. The Balaban J connectivity index is 4.46. The van der Waals surface area contributed by atoms with Crippen molar-refractivity contribution in [2.45, 2.75) is 31.6 Å². The van der Waals surface area contributed by atoms with Gasteiger partial charge in [0.1, 0.15) is 6.61 Å². The van der Waals surface area contributed by atoms with Gasteiger partial charge in [-0.3, -0.25) is 8.98 Å². The van der Waals surface area contributed by atoms with E-state index in [4.69, 9.17) is 0 Å². The van der Waals surface area contributed by atoms with Crippen LogP contribution in [0.3, 0.4) is 0 Å². The van der Waals surface area contributed by atoms with Crippen LogP contribution in [0.25, 0.3) is 0 Å². The summed E-state index contributed by atoms with van der Waals surface area (Å²) in [6, 6.07) is 0. The summed E-state index contributed by atoms with van der Waals surface area (Å²) in [4.78, 5) is 22.2. The number of carbonyl (C=O) groups excluding carboxylic acids is 2. The van der Waals surface area contributed by atoms with Crippen LogP contribution in [0.4, 0.5) is 8.78 Å². The minimum Gasteiger partial charge on any atom is -0.462 e. The summed E-state index contributed by atoms with van der Waals surface area (Å²) in [5.41, 5.74) is 0.106. The van der Waals surface area contributed by atoms with Crippen LogP contribution in [0, 0.1) is 0 Å². The van der Waals surface area contributed by atoms with E-state index in [0.29, 0.717) is 14.0 Å². The molecule has 1 unspecified atom stereocenters. The number of hydrogen-bond donors (Lipinski definition) is 0. The van der Waals surface area contributed by atoms with Gasteiger partial charge in [0.2, 0.25) is 0 Å². The molecular formula is C11H16F2O7S. The fourth-order valence-corrected chi connectivity index (χ4v) is 1.67. The summed E-state index contributed by atoms with van der Waals surface area (Å²) < 4.78 is 61.3. The molecule has 0 aliphatic rings. The van der Waals surface area contributed by atoms with E-state index in [1.807, 2.05) is 0 Å². The molecule has 0 saturated carbocycles. The summed E-state index contributed by atoms with van der Waals surface area (Å²) in [7, 11) is -4.63. The molecule has 0 spiro atoms. The first-order valence-electron chi connectivity index (χ1n) is 5.65. The smallest absolute Gasteiger partial charge is 0.405 e. The van der Waals surface area contributed by atoms with Crippen molar-refractivity contribution >= 4 is 22.1 Å². The zero-order valence-electron chi connectivity index (χ0n) is 11.7. The highest BCUT2D eigenvalue weighted by Crippen LogP contribution is 2.29. The molecule has 10 heteroatoms. The van der Waals surface area contributed by atoms with Gasteiger partial charge < -0.3 is 9.47 Å². The van der Waals surface area contributed by atoms with Crippen molar-refractivity contribution in [1.82, 2.24) is 0 Å². The number of carbonyl (C=O) groups is 2. The zero-order valence-corrected chi connectivity index (χ0v) is 12.5. The van der Waals surface area contributed by atoms with Crippen molar-refractivity contribution in [1.29, 1.82) is 0 Å². The van der Waals surface area contributed by atoms with E-state index in [9.17, 15) is 26.8 Å². The topological polar surface area (TPSA) is 96.0 Å². The van der Waals surface area contributed by atoms with E-state index in [1.54, 1.807) is 0 Å². The molecule has 0 fully saturated rings. The molecule has 0 bridgehead atoms. The molecule has 0 N–H and O–H groups in total. The van der Waals surface area contributed by atoms with Gasteiger partial charge in [0.25, 0.3) is 0 Å². The van der Waals surface area contributed by atoms with Gasteiger partial charge in [-0.05, 0) is 13.8 Å². The summed E-state index contributed by atoms with van der Waals surface area (Å²) in [6.07, 6.45) is -2.77. The van der Waals surface area contributed by atoms with Crippen LogP contribution in [0.1, 0.15) is 20.3 Å². The van der Waals surface area contributed by atoms with Crippen LogP contribution in [0.2, 0.25) is 0 Å².